The van der Waals surface area contributed by atoms with Crippen LogP contribution in [0.3, 0.4) is 0 Å². The van der Waals surface area contributed by atoms with Gasteiger partial charge in [0, 0.05) is 6.54 Å². The van der Waals surface area contributed by atoms with Crippen molar-refractivity contribution in [2.24, 2.45) is 0 Å². The van der Waals surface area contributed by atoms with E-state index in [0.717, 1.165) is 5.56 Å². The second kappa shape index (κ2) is 5.99. The number of morpholine rings is 1. The number of nitrogens with zero attached hydrogens (tertiary/aromatic N) is 1. The molecule has 0 spiro atoms. The van der Waals surface area contributed by atoms with Crippen molar-refractivity contribution in [3.05, 3.63) is 29.6 Å². The van der Waals surface area contributed by atoms with Crippen LogP contribution in [-0.2, 0) is 4.74 Å². The molecular weight excluding hydrogens is 251 g/mol. The molecule has 1 heterocycles. The number of hydrogen-bond donors (Lipinski definition) is 2. The largest absolute Gasteiger partial charge is 0.394 e. The zero-order chi connectivity index (χ0) is 13.8. The summed E-state index contributed by atoms with van der Waals surface area (Å²) in [6, 6.07) is 3.71. The Morgan fingerprint density at radius 2 is 2.42 bits per heavy atom. The number of halogens is 1. The molecule has 1 atom stereocenters. The SMILES string of the molecule is Cc1ccc(F)c(NC(=O)N2CCOC[C@H]2CO)c1. The Morgan fingerprint density at radius 1 is 1.63 bits per heavy atom. The van der Waals surface area contributed by atoms with Gasteiger partial charge in [-0.15, -0.1) is 0 Å². The van der Waals surface area contributed by atoms with E-state index >= 15 is 0 Å². The van der Waals surface area contributed by atoms with E-state index < -0.39 is 11.8 Å². The van der Waals surface area contributed by atoms with Gasteiger partial charge in [0.25, 0.3) is 0 Å². The molecule has 19 heavy (non-hydrogen) atoms. The minimum absolute atomic E-state index is 0.146. The lowest BCUT2D eigenvalue weighted by Gasteiger charge is -2.34. The summed E-state index contributed by atoms with van der Waals surface area (Å²) >= 11 is 0. The highest BCUT2D eigenvalue weighted by atomic mass is 19.1. The molecule has 0 saturated carbocycles. The number of carbonyl (C=O) groups is 1. The van der Waals surface area contributed by atoms with E-state index in [0.29, 0.717) is 19.8 Å². The number of urea groups is 1. The van der Waals surface area contributed by atoms with Crippen molar-refractivity contribution in [2.45, 2.75) is 13.0 Å². The van der Waals surface area contributed by atoms with E-state index in [2.05, 4.69) is 5.32 Å². The number of anilines is 1. The van der Waals surface area contributed by atoms with E-state index in [4.69, 9.17) is 4.74 Å². The highest BCUT2D eigenvalue weighted by molar-refractivity contribution is 5.89. The number of ether oxygens (including phenoxy) is 1. The van der Waals surface area contributed by atoms with E-state index in [1.165, 1.54) is 11.0 Å². The summed E-state index contributed by atoms with van der Waals surface area (Å²) in [4.78, 5) is 13.5. The molecule has 1 aliphatic rings. The molecule has 0 aliphatic carbocycles. The summed E-state index contributed by atoms with van der Waals surface area (Å²) in [5.41, 5.74) is 1.01. The summed E-state index contributed by atoms with van der Waals surface area (Å²) in [7, 11) is 0. The number of amides is 2. The van der Waals surface area contributed by atoms with Gasteiger partial charge in [0.15, 0.2) is 0 Å². The maximum Gasteiger partial charge on any atom is 0.322 e. The summed E-state index contributed by atoms with van der Waals surface area (Å²) in [6.07, 6.45) is 0. The molecule has 2 amide bonds. The molecule has 2 N–H and O–H groups in total. The Balaban J connectivity index is 2.09. The van der Waals surface area contributed by atoms with Crippen LogP contribution >= 0.6 is 0 Å². The minimum Gasteiger partial charge on any atom is -0.394 e. The van der Waals surface area contributed by atoms with Crippen LogP contribution in [0.1, 0.15) is 5.56 Å². The molecule has 1 aromatic carbocycles. The first-order valence-corrected chi connectivity index (χ1v) is 6.14. The Labute approximate surface area is 111 Å². The molecule has 6 heteroatoms. The van der Waals surface area contributed by atoms with E-state index in [1.807, 2.05) is 6.92 Å². The van der Waals surface area contributed by atoms with Crippen LogP contribution < -0.4 is 5.32 Å². The normalized spacial score (nSPS) is 19.3. The van der Waals surface area contributed by atoms with Gasteiger partial charge < -0.3 is 20.1 Å². The number of rotatable bonds is 2. The van der Waals surface area contributed by atoms with Crippen LogP contribution in [0.5, 0.6) is 0 Å². The fourth-order valence-electron chi connectivity index (χ4n) is 2.00. The van der Waals surface area contributed by atoms with Gasteiger partial charge >= 0.3 is 6.03 Å². The Morgan fingerprint density at radius 3 is 3.16 bits per heavy atom. The van der Waals surface area contributed by atoms with Crippen LogP contribution in [-0.4, -0.2) is 48.4 Å². The predicted molar refractivity (Wildman–Crippen MR) is 68.6 cm³/mol. The molecule has 1 aromatic rings. The van der Waals surface area contributed by atoms with Gasteiger partial charge in [-0.05, 0) is 24.6 Å². The summed E-state index contributed by atoms with van der Waals surface area (Å²) < 4.78 is 18.8. The van der Waals surface area contributed by atoms with Crippen molar-refractivity contribution in [3.8, 4) is 0 Å². The molecule has 1 aliphatic heterocycles. The monoisotopic (exact) mass is 268 g/mol. The molecule has 2 rings (SSSR count). The smallest absolute Gasteiger partial charge is 0.322 e. The van der Waals surface area contributed by atoms with Crippen LogP contribution in [0.25, 0.3) is 0 Å². The van der Waals surface area contributed by atoms with Gasteiger partial charge in [0.05, 0.1) is 31.5 Å². The molecule has 0 aromatic heterocycles. The number of aliphatic hydroxyl groups excluding tert-OH is 1. The van der Waals surface area contributed by atoms with Gasteiger partial charge in [-0.25, -0.2) is 9.18 Å². The third kappa shape index (κ3) is 3.21. The van der Waals surface area contributed by atoms with Crippen LogP contribution in [0, 0.1) is 12.7 Å². The van der Waals surface area contributed by atoms with Crippen LogP contribution in [0.4, 0.5) is 14.9 Å². The lowest BCUT2D eigenvalue weighted by atomic mass is 10.2. The van der Waals surface area contributed by atoms with Crippen LogP contribution in [0.15, 0.2) is 18.2 Å². The zero-order valence-corrected chi connectivity index (χ0v) is 10.7. The average molecular weight is 268 g/mol. The minimum atomic E-state index is -0.479. The van der Waals surface area contributed by atoms with E-state index in [-0.39, 0.29) is 18.3 Å². The maximum absolute atomic E-state index is 13.6. The first-order chi connectivity index (χ1) is 9.11. The quantitative estimate of drug-likeness (QED) is 0.851. The van der Waals surface area contributed by atoms with Crippen molar-refractivity contribution in [2.75, 3.05) is 31.7 Å². The van der Waals surface area contributed by atoms with Gasteiger partial charge in [-0.3, -0.25) is 0 Å². The third-order valence-corrected chi connectivity index (χ3v) is 3.06. The van der Waals surface area contributed by atoms with Gasteiger partial charge in [-0.1, -0.05) is 6.07 Å². The second-order valence-electron chi connectivity index (χ2n) is 4.52. The van der Waals surface area contributed by atoms with Crippen molar-refractivity contribution in [1.82, 2.24) is 4.90 Å². The van der Waals surface area contributed by atoms with Gasteiger partial charge in [-0.2, -0.15) is 0 Å². The fourth-order valence-corrected chi connectivity index (χ4v) is 2.00. The molecule has 0 unspecified atom stereocenters. The first kappa shape index (κ1) is 13.8. The first-order valence-electron chi connectivity index (χ1n) is 6.14. The van der Waals surface area contributed by atoms with Gasteiger partial charge in [0.1, 0.15) is 5.82 Å². The zero-order valence-electron chi connectivity index (χ0n) is 10.7. The molecule has 0 bridgehead atoms. The number of aliphatic hydroxyl groups is 1. The Hall–Kier alpha value is -1.66. The predicted octanol–water partition coefficient (Wildman–Crippen LogP) is 1.36. The fraction of sp³-hybridized carbons (Fsp3) is 0.462. The standard InChI is InChI=1S/C13H17FN2O3/c1-9-2-3-11(14)12(6-9)15-13(18)16-4-5-19-8-10(16)7-17/h2-3,6,10,17H,4-5,7-8H2,1H3,(H,15,18)/t10-/m1/s1. The Bertz CT molecular complexity index is 467. The molecule has 1 fully saturated rings. The average Bonchev–Trinajstić information content (AvgIpc) is 2.42. The molecule has 104 valence electrons. The summed E-state index contributed by atoms with van der Waals surface area (Å²) in [6.45, 7) is 2.73. The third-order valence-electron chi connectivity index (χ3n) is 3.06. The van der Waals surface area contributed by atoms with Gasteiger partial charge in [0.2, 0.25) is 0 Å². The highest BCUT2D eigenvalue weighted by Gasteiger charge is 2.27. The van der Waals surface area contributed by atoms with Crippen LogP contribution in [0.2, 0.25) is 0 Å². The number of carbonyl (C=O) groups excluding carboxylic acids is 1. The number of nitrogens with one attached hydrogen (secondary N) is 1. The van der Waals surface area contributed by atoms with Crippen molar-refractivity contribution >= 4 is 11.7 Å². The molecule has 5 nitrogen and oxygen atoms in total. The second-order valence-corrected chi connectivity index (χ2v) is 4.52. The topological polar surface area (TPSA) is 61.8 Å². The summed E-state index contributed by atoms with van der Waals surface area (Å²) in [5.74, 6) is -0.479. The lowest BCUT2D eigenvalue weighted by molar-refractivity contribution is -0.00486. The van der Waals surface area contributed by atoms with Crippen molar-refractivity contribution in [1.29, 1.82) is 0 Å². The van der Waals surface area contributed by atoms with E-state index in [9.17, 15) is 14.3 Å². The molecule has 1 saturated heterocycles. The number of benzene rings is 1. The van der Waals surface area contributed by atoms with Crippen molar-refractivity contribution in [3.63, 3.8) is 0 Å². The number of hydrogen-bond acceptors (Lipinski definition) is 3. The highest BCUT2D eigenvalue weighted by Crippen LogP contribution is 2.17. The molecular formula is C13H17FN2O3. The van der Waals surface area contributed by atoms with Crippen molar-refractivity contribution < 1.29 is 19.0 Å². The summed E-state index contributed by atoms with van der Waals surface area (Å²) in [5, 5.41) is 11.7. The lowest BCUT2D eigenvalue weighted by Crippen LogP contribution is -2.52. The molecule has 0 radical (unpaired) electrons. The maximum atomic E-state index is 13.6. The van der Waals surface area contributed by atoms with E-state index in [1.54, 1.807) is 12.1 Å². The number of aryl methyl sites for hydroxylation is 1. The Kier molecular flexibility index (Phi) is 4.34.